The van der Waals surface area contributed by atoms with Crippen molar-refractivity contribution in [2.24, 2.45) is 4.99 Å². The monoisotopic (exact) mass is 291 g/mol. The summed E-state index contributed by atoms with van der Waals surface area (Å²) in [6, 6.07) is 8.48. The van der Waals surface area contributed by atoms with Crippen molar-refractivity contribution in [2.45, 2.75) is 32.7 Å². The van der Waals surface area contributed by atoms with Crippen molar-refractivity contribution in [1.29, 1.82) is 0 Å². The van der Waals surface area contributed by atoms with Crippen LogP contribution >= 0.6 is 0 Å². The minimum absolute atomic E-state index is 0.849. The molecule has 1 rings (SSSR count). The average molecular weight is 291 g/mol. The van der Waals surface area contributed by atoms with Crippen LogP contribution < -0.4 is 5.32 Å². The third-order valence-electron chi connectivity index (χ3n) is 3.55. The summed E-state index contributed by atoms with van der Waals surface area (Å²) in [6.07, 6.45) is 3.44. The Labute approximate surface area is 129 Å². The van der Waals surface area contributed by atoms with Gasteiger partial charge in [0.05, 0.1) is 0 Å². The highest BCUT2D eigenvalue weighted by Gasteiger charge is 2.07. The lowest BCUT2D eigenvalue weighted by molar-refractivity contribution is 0.192. The third-order valence-corrected chi connectivity index (χ3v) is 3.55. The molecule has 0 bridgehead atoms. The van der Waals surface area contributed by atoms with Gasteiger partial charge in [0.25, 0.3) is 0 Å². The van der Waals surface area contributed by atoms with Crippen molar-refractivity contribution >= 4 is 5.96 Å². The predicted octanol–water partition coefficient (Wildman–Crippen LogP) is 2.82. The molecule has 0 heterocycles. The van der Waals surface area contributed by atoms with E-state index < -0.39 is 0 Å². The van der Waals surface area contributed by atoms with E-state index in [0.717, 1.165) is 38.5 Å². The van der Waals surface area contributed by atoms with E-state index in [4.69, 9.17) is 4.74 Å². The summed E-state index contributed by atoms with van der Waals surface area (Å²) in [7, 11) is 5.66. The van der Waals surface area contributed by atoms with Gasteiger partial charge in [-0.15, -0.1) is 0 Å². The zero-order valence-corrected chi connectivity index (χ0v) is 13.9. The number of unbranched alkanes of at least 4 members (excludes halogenated alkanes) is 2. The van der Waals surface area contributed by atoms with Gasteiger partial charge in [-0.1, -0.05) is 24.3 Å². The maximum atomic E-state index is 5.05. The predicted molar refractivity (Wildman–Crippen MR) is 89.7 cm³/mol. The largest absolute Gasteiger partial charge is 0.385 e. The van der Waals surface area contributed by atoms with Crippen molar-refractivity contribution < 1.29 is 4.74 Å². The number of guanidine groups is 1. The molecule has 1 aromatic rings. The van der Waals surface area contributed by atoms with E-state index in [1.807, 2.05) is 7.05 Å². The van der Waals surface area contributed by atoms with E-state index in [1.54, 1.807) is 7.11 Å². The van der Waals surface area contributed by atoms with Crippen molar-refractivity contribution in [3.63, 3.8) is 0 Å². The molecule has 0 atom stereocenters. The number of aliphatic imine (C=N–C) groups is 1. The Morgan fingerprint density at radius 1 is 1.24 bits per heavy atom. The smallest absolute Gasteiger partial charge is 0.193 e. The topological polar surface area (TPSA) is 36.9 Å². The Morgan fingerprint density at radius 2 is 2.00 bits per heavy atom. The number of ether oxygens (including phenoxy) is 1. The molecule has 4 heteroatoms. The molecule has 0 radical (unpaired) electrons. The Balaban J connectivity index is 2.36. The fourth-order valence-electron chi connectivity index (χ4n) is 2.25. The van der Waals surface area contributed by atoms with E-state index in [1.165, 1.54) is 17.5 Å². The number of hydrogen-bond acceptors (Lipinski definition) is 2. The summed E-state index contributed by atoms with van der Waals surface area (Å²) in [5.41, 5.74) is 2.66. The Hall–Kier alpha value is -1.55. The van der Waals surface area contributed by atoms with Gasteiger partial charge < -0.3 is 15.0 Å². The van der Waals surface area contributed by atoms with Crippen molar-refractivity contribution in [3.05, 3.63) is 35.4 Å². The Kier molecular flexibility index (Phi) is 8.51. The van der Waals surface area contributed by atoms with Gasteiger partial charge in [-0.2, -0.15) is 0 Å². The van der Waals surface area contributed by atoms with Crippen LogP contribution in [-0.2, 0) is 11.3 Å². The SMILES string of the molecule is CN=C(NCCCCCOC)N(C)Cc1ccccc1C. The first-order chi connectivity index (χ1) is 10.2. The molecule has 118 valence electrons. The lowest BCUT2D eigenvalue weighted by atomic mass is 10.1. The van der Waals surface area contributed by atoms with E-state index >= 15 is 0 Å². The minimum atomic E-state index is 0.849. The van der Waals surface area contributed by atoms with E-state index in [0.29, 0.717) is 0 Å². The van der Waals surface area contributed by atoms with Gasteiger partial charge in [0.1, 0.15) is 0 Å². The highest BCUT2D eigenvalue weighted by Crippen LogP contribution is 2.09. The van der Waals surface area contributed by atoms with Crippen LogP contribution in [0.5, 0.6) is 0 Å². The molecule has 0 fully saturated rings. The van der Waals surface area contributed by atoms with Crippen LogP contribution in [0.25, 0.3) is 0 Å². The highest BCUT2D eigenvalue weighted by molar-refractivity contribution is 5.79. The second-order valence-corrected chi connectivity index (χ2v) is 5.31. The molecule has 0 saturated heterocycles. The van der Waals surface area contributed by atoms with Crippen LogP contribution in [0.1, 0.15) is 30.4 Å². The molecule has 0 aliphatic carbocycles. The first-order valence-corrected chi connectivity index (χ1v) is 7.64. The lowest BCUT2D eigenvalue weighted by Gasteiger charge is -2.23. The maximum absolute atomic E-state index is 5.05. The summed E-state index contributed by atoms with van der Waals surface area (Å²) in [5, 5.41) is 3.42. The number of nitrogens with one attached hydrogen (secondary N) is 1. The number of nitrogens with zero attached hydrogens (tertiary/aromatic N) is 2. The van der Waals surface area contributed by atoms with Gasteiger partial charge in [-0.3, -0.25) is 4.99 Å². The molecule has 1 aromatic carbocycles. The maximum Gasteiger partial charge on any atom is 0.193 e. The van der Waals surface area contributed by atoms with Crippen LogP contribution in [0.15, 0.2) is 29.3 Å². The number of hydrogen-bond donors (Lipinski definition) is 1. The zero-order chi connectivity index (χ0) is 15.5. The van der Waals surface area contributed by atoms with Crippen LogP contribution in [0.3, 0.4) is 0 Å². The van der Waals surface area contributed by atoms with Crippen LogP contribution in [0, 0.1) is 6.92 Å². The van der Waals surface area contributed by atoms with Crippen molar-refractivity contribution in [3.8, 4) is 0 Å². The molecule has 1 N–H and O–H groups in total. The first-order valence-electron chi connectivity index (χ1n) is 7.64. The van der Waals surface area contributed by atoms with Gasteiger partial charge in [0.15, 0.2) is 5.96 Å². The number of benzene rings is 1. The summed E-state index contributed by atoms with van der Waals surface area (Å²) in [6.45, 7) is 4.82. The summed E-state index contributed by atoms with van der Waals surface area (Å²) in [4.78, 5) is 6.52. The average Bonchev–Trinajstić information content (AvgIpc) is 2.49. The van der Waals surface area contributed by atoms with Gasteiger partial charge in [-0.05, 0) is 37.3 Å². The van der Waals surface area contributed by atoms with Crippen LogP contribution in [0.2, 0.25) is 0 Å². The minimum Gasteiger partial charge on any atom is -0.385 e. The van der Waals surface area contributed by atoms with Crippen LogP contribution in [0.4, 0.5) is 0 Å². The first kappa shape index (κ1) is 17.5. The number of rotatable bonds is 8. The number of methoxy groups -OCH3 is 1. The Morgan fingerprint density at radius 3 is 2.67 bits per heavy atom. The fourth-order valence-corrected chi connectivity index (χ4v) is 2.25. The van der Waals surface area contributed by atoms with Gasteiger partial charge in [-0.25, -0.2) is 0 Å². The van der Waals surface area contributed by atoms with Crippen LogP contribution in [-0.4, -0.2) is 45.2 Å². The Bertz CT molecular complexity index is 432. The van der Waals surface area contributed by atoms with Gasteiger partial charge in [0, 0.05) is 40.9 Å². The molecule has 0 aliphatic heterocycles. The summed E-state index contributed by atoms with van der Waals surface area (Å²) < 4.78 is 5.05. The van der Waals surface area contributed by atoms with Gasteiger partial charge >= 0.3 is 0 Å². The molecule has 0 spiro atoms. The second-order valence-electron chi connectivity index (χ2n) is 5.31. The number of aryl methyl sites for hydroxylation is 1. The standard InChI is InChI=1S/C17H29N3O/c1-15-10-6-7-11-16(15)14-20(3)17(18-2)19-12-8-5-9-13-21-4/h6-7,10-11H,5,8-9,12-14H2,1-4H3,(H,18,19). The molecule has 0 saturated carbocycles. The summed E-state index contributed by atoms with van der Waals surface area (Å²) >= 11 is 0. The molecule has 21 heavy (non-hydrogen) atoms. The quantitative estimate of drug-likeness (QED) is 0.454. The summed E-state index contributed by atoms with van der Waals surface area (Å²) in [5.74, 6) is 0.949. The molecular formula is C17H29N3O. The van der Waals surface area contributed by atoms with E-state index in [9.17, 15) is 0 Å². The highest BCUT2D eigenvalue weighted by atomic mass is 16.5. The van der Waals surface area contributed by atoms with E-state index in [-0.39, 0.29) is 0 Å². The molecule has 0 amide bonds. The lowest BCUT2D eigenvalue weighted by Crippen LogP contribution is -2.39. The van der Waals surface area contributed by atoms with Crippen molar-refractivity contribution in [1.82, 2.24) is 10.2 Å². The molecule has 0 unspecified atom stereocenters. The van der Waals surface area contributed by atoms with Crippen molar-refractivity contribution in [2.75, 3.05) is 34.4 Å². The fraction of sp³-hybridized carbons (Fsp3) is 0.588. The van der Waals surface area contributed by atoms with E-state index in [2.05, 4.69) is 53.4 Å². The zero-order valence-electron chi connectivity index (χ0n) is 13.9. The van der Waals surface area contributed by atoms with Gasteiger partial charge in [0.2, 0.25) is 0 Å². The third kappa shape index (κ3) is 6.63. The molecule has 0 aromatic heterocycles. The molecule has 0 aliphatic rings. The molecular weight excluding hydrogens is 262 g/mol. The molecule has 4 nitrogen and oxygen atoms in total. The second kappa shape index (κ2) is 10.2. The normalized spacial score (nSPS) is 11.5.